The lowest BCUT2D eigenvalue weighted by Gasteiger charge is -2.11. The van der Waals surface area contributed by atoms with Crippen LogP contribution in [0.4, 0.5) is 10.1 Å². The second-order valence-electron chi connectivity index (χ2n) is 4.12. The molecule has 0 atom stereocenters. The summed E-state index contributed by atoms with van der Waals surface area (Å²) >= 11 is 11.7. The van der Waals surface area contributed by atoms with Gasteiger partial charge >= 0.3 is 0 Å². The molecule has 1 N–H and O–H groups in total. The van der Waals surface area contributed by atoms with E-state index in [1.807, 2.05) is 0 Å². The zero-order valence-electron chi connectivity index (χ0n) is 10.3. The molecule has 0 bridgehead atoms. The summed E-state index contributed by atoms with van der Waals surface area (Å²) in [6.45, 7) is 1.49. The molecule has 0 fully saturated rings. The molecule has 0 heterocycles. The summed E-state index contributed by atoms with van der Waals surface area (Å²) in [4.78, 5) is -0.0487. The van der Waals surface area contributed by atoms with E-state index in [9.17, 15) is 12.8 Å². The van der Waals surface area contributed by atoms with Gasteiger partial charge in [-0.25, -0.2) is 12.8 Å². The number of nitrogens with one attached hydrogen (secondary N) is 1. The molecule has 0 unspecified atom stereocenters. The Labute approximate surface area is 126 Å². The van der Waals surface area contributed by atoms with E-state index in [1.54, 1.807) is 12.1 Å². The molecule has 0 aliphatic carbocycles. The predicted octanol–water partition coefficient (Wildman–Crippen LogP) is 4.24. The van der Waals surface area contributed by atoms with E-state index in [2.05, 4.69) is 4.72 Å². The van der Waals surface area contributed by atoms with Gasteiger partial charge in [-0.1, -0.05) is 29.3 Å². The number of benzene rings is 2. The third-order valence-electron chi connectivity index (χ3n) is 2.64. The van der Waals surface area contributed by atoms with E-state index < -0.39 is 15.8 Å². The predicted molar refractivity (Wildman–Crippen MR) is 78.4 cm³/mol. The van der Waals surface area contributed by atoms with Crippen molar-refractivity contribution in [3.63, 3.8) is 0 Å². The summed E-state index contributed by atoms with van der Waals surface area (Å²) in [5, 5.41) is 0.346. The van der Waals surface area contributed by atoms with Crippen LogP contribution in [0.5, 0.6) is 0 Å². The largest absolute Gasteiger partial charge is 0.278 e. The van der Waals surface area contributed by atoms with Crippen LogP contribution in [0.1, 0.15) is 5.56 Å². The number of aryl methyl sites for hydroxylation is 1. The molecule has 0 radical (unpaired) electrons. The molecule has 2 aromatic rings. The first-order chi connectivity index (χ1) is 9.31. The zero-order chi connectivity index (χ0) is 14.9. The molecule has 0 amide bonds. The third kappa shape index (κ3) is 3.06. The summed E-state index contributed by atoms with van der Waals surface area (Å²) in [6.07, 6.45) is 0. The molecule has 0 aliphatic heterocycles. The van der Waals surface area contributed by atoms with E-state index in [0.717, 1.165) is 6.07 Å². The summed E-state index contributed by atoms with van der Waals surface area (Å²) in [5.41, 5.74) is 0.409. The maximum atomic E-state index is 13.2. The Morgan fingerprint density at radius 1 is 1.15 bits per heavy atom. The highest BCUT2D eigenvalue weighted by Gasteiger charge is 2.17. The second kappa shape index (κ2) is 5.60. The van der Waals surface area contributed by atoms with E-state index >= 15 is 0 Å². The van der Waals surface area contributed by atoms with Gasteiger partial charge in [0.25, 0.3) is 10.0 Å². The average molecular weight is 334 g/mol. The highest BCUT2D eigenvalue weighted by molar-refractivity contribution is 7.92. The van der Waals surface area contributed by atoms with Crippen molar-refractivity contribution in [3.8, 4) is 0 Å². The van der Waals surface area contributed by atoms with Gasteiger partial charge in [0.15, 0.2) is 0 Å². The lowest BCUT2D eigenvalue weighted by Crippen LogP contribution is -2.13. The van der Waals surface area contributed by atoms with Gasteiger partial charge in [-0.2, -0.15) is 0 Å². The average Bonchev–Trinajstić information content (AvgIpc) is 2.38. The topological polar surface area (TPSA) is 46.2 Å². The van der Waals surface area contributed by atoms with Crippen molar-refractivity contribution in [1.29, 1.82) is 0 Å². The van der Waals surface area contributed by atoms with Gasteiger partial charge in [0.1, 0.15) is 5.82 Å². The highest BCUT2D eigenvalue weighted by Crippen LogP contribution is 2.31. The number of rotatable bonds is 3. The fourth-order valence-corrected chi connectivity index (χ4v) is 3.13. The van der Waals surface area contributed by atoms with Gasteiger partial charge in [-0.05, 0) is 42.8 Å². The third-order valence-corrected chi connectivity index (χ3v) is 4.82. The normalized spacial score (nSPS) is 11.4. The number of anilines is 1. The smallest absolute Gasteiger partial charge is 0.261 e. The van der Waals surface area contributed by atoms with Crippen LogP contribution < -0.4 is 4.72 Å². The molecule has 3 nitrogen and oxygen atoms in total. The minimum atomic E-state index is -3.85. The van der Waals surface area contributed by atoms with Crippen molar-refractivity contribution >= 4 is 38.9 Å². The highest BCUT2D eigenvalue weighted by atomic mass is 35.5. The van der Waals surface area contributed by atoms with E-state index in [0.29, 0.717) is 0 Å². The minimum Gasteiger partial charge on any atom is -0.278 e. The van der Waals surface area contributed by atoms with Crippen molar-refractivity contribution in [2.24, 2.45) is 0 Å². The first-order valence-electron chi connectivity index (χ1n) is 5.54. The number of hydrogen-bond acceptors (Lipinski definition) is 2. The van der Waals surface area contributed by atoms with Gasteiger partial charge in [0, 0.05) is 0 Å². The van der Waals surface area contributed by atoms with Gasteiger partial charge in [0.2, 0.25) is 0 Å². The van der Waals surface area contributed by atoms with Crippen LogP contribution in [0.25, 0.3) is 0 Å². The summed E-state index contributed by atoms with van der Waals surface area (Å²) < 4.78 is 39.9. The SMILES string of the molecule is Cc1cc(S(=O)(=O)Nc2cccc(Cl)c2Cl)ccc1F. The summed E-state index contributed by atoms with van der Waals surface area (Å²) in [7, 11) is -3.85. The maximum absolute atomic E-state index is 13.2. The van der Waals surface area contributed by atoms with Crippen LogP contribution in [0.3, 0.4) is 0 Å². The van der Waals surface area contributed by atoms with Gasteiger partial charge in [0.05, 0.1) is 20.6 Å². The standard InChI is InChI=1S/C13H10Cl2FNO2S/c1-8-7-9(5-6-11(8)16)20(18,19)17-12-4-2-3-10(14)13(12)15/h2-7,17H,1H3. The lowest BCUT2D eigenvalue weighted by atomic mass is 10.2. The Morgan fingerprint density at radius 3 is 2.50 bits per heavy atom. The molecular formula is C13H10Cl2FNO2S. The van der Waals surface area contributed by atoms with Crippen LogP contribution in [0.2, 0.25) is 10.0 Å². The Kier molecular flexibility index (Phi) is 4.22. The Balaban J connectivity index is 2.41. The molecule has 0 aliphatic rings. The van der Waals surface area contributed by atoms with Gasteiger partial charge in [-0.15, -0.1) is 0 Å². The number of halogens is 3. The molecule has 2 rings (SSSR count). The Hall–Kier alpha value is -1.30. The van der Waals surface area contributed by atoms with Gasteiger partial charge in [-0.3, -0.25) is 4.72 Å². The minimum absolute atomic E-state index is 0.0487. The molecule has 20 heavy (non-hydrogen) atoms. The lowest BCUT2D eigenvalue weighted by molar-refractivity contribution is 0.598. The molecule has 0 aromatic heterocycles. The van der Waals surface area contributed by atoms with Crippen LogP contribution in [0, 0.1) is 12.7 Å². The summed E-state index contributed by atoms with van der Waals surface area (Å²) in [6, 6.07) is 8.14. The van der Waals surface area contributed by atoms with Crippen LogP contribution in [0.15, 0.2) is 41.3 Å². The summed E-state index contributed by atoms with van der Waals surface area (Å²) in [5.74, 6) is -0.468. The van der Waals surface area contributed by atoms with Crippen molar-refractivity contribution in [1.82, 2.24) is 0 Å². The van der Waals surface area contributed by atoms with E-state index in [-0.39, 0.29) is 26.2 Å². The fraction of sp³-hybridized carbons (Fsp3) is 0.0769. The molecule has 0 saturated carbocycles. The Morgan fingerprint density at radius 2 is 1.85 bits per heavy atom. The van der Waals surface area contributed by atoms with Crippen LogP contribution in [-0.4, -0.2) is 8.42 Å². The zero-order valence-corrected chi connectivity index (χ0v) is 12.7. The molecule has 7 heteroatoms. The maximum Gasteiger partial charge on any atom is 0.261 e. The molecule has 0 spiro atoms. The Bertz CT molecular complexity index is 763. The first kappa shape index (κ1) is 15.1. The van der Waals surface area contributed by atoms with E-state index in [1.165, 1.54) is 25.1 Å². The van der Waals surface area contributed by atoms with E-state index in [4.69, 9.17) is 23.2 Å². The molecule has 106 valence electrons. The molecular weight excluding hydrogens is 324 g/mol. The van der Waals surface area contributed by atoms with Crippen molar-refractivity contribution in [2.45, 2.75) is 11.8 Å². The van der Waals surface area contributed by atoms with Crippen molar-refractivity contribution in [3.05, 3.63) is 57.8 Å². The number of hydrogen-bond donors (Lipinski definition) is 1. The monoisotopic (exact) mass is 333 g/mol. The quantitative estimate of drug-likeness (QED) is 0.912. The number of sulfonamides is 1. The first-order valence-corrected chi connectivity index (χ1v) is 7.78. The molecule has 2 aromatic carbocycles. The van der Waals surface area contributed by atoms with Crippen LogP contribution in [-0.2, 0) is 10.0 Å². The van der Waals surface area contributed by atoms with Crippen molar-refractivity contribution in [2.75, 3.05) is 4.72 Å². The second-order valence-corrected chi connectivity index (χ2v) is 6.59. The molecule has 0 saturated heterocycles. The fourth-order valence-electron chi connectivity index (χ4n) is 1.57. The van der Waals surface area contributed by atoms with Crippen LogP contribution >= 0.6 is 23.2 Å². The van der Waals surface area contributed by atoms with Gasteiger partial charge < -0.3 is 0 Å². The van der Waals surface area contributed by atoms with Crippen molar-refractivity contribution < 1.29 is 12.8 Å².